The van der Waals surface area contributed by atoms with Crippen molar-refractivity contribution in [1.29, 1.82) is 0 Å². The molecule has 26 nitrogen and oxygen atoms in total. The van der Waals surface area contributed by atoms with Crippen molar-refractivity contribution in [2.75, 3.05) is 79.5 Å². The smallest absolute Gasteiger partial charge is 0.493 e. The molecule has 664 valence electrons. The molecule has 4 aliphatic carbocycles. The number of ether oxygens (including phenoxy) is 5. The van der Waals surface area contributed by atoms with Gasteiger partial charge in [-0.1, -0.05) is 65.5 Å². The zero-order valence-corrected chi connectivity index (χ0v) is 69.9. The Kier molecular flexibility index (Phi) is 30.2. The van der Waals surface area contributed by atoms with Crippen LogP contribution < -0.4 is 56.9 Å². The lowest BCUT2D eigenvalue weighted by Crippen LogP contribution is -2.51. The van der Waals surface area contributed by atoms with Crippen LogP contribution in [0, 0.1) is 35.0 Å². The van der Waals surface area contributed by atoms with Crippen molar-refractivity contribution in [3.8, 4) is 57.8 Å². The molecule has 9 atom stereocenters. The Morgan fingerprint density at radius 1 is 0.669 bits per heavy atom. The van der Waals surface area contributed by atoms with Gasteiger partial charge in [0.1, 0.15) is 28.6 Å². The highest BCUT2D eigenvalue weighted by molar-refractivity contribution is 9.10. The van der Waals surface area contributed by atoms with E-state index in [2.05, 4.69) is 77.6 Å². The molecule has 4 heterocycles. The fourth-order valence-corrected chi connectivity index (χ4v) is 18.3. The minimum atomic E-state index is -5.98. The van der Waals surface area contributed by atoms with Crippen molar-refractivity contribution in [3.05, 3.63) is 153 Å². The van der Waals surface area contributed by atoms with E-state index in [0.717, 1.165) is 101 Å². The third-order valence-corrected chi connectivity index (χ3v) is 26.3. The summed E-state index contributed by atoms with van der Waals surface area (Å²) in [4.78, 5) is 38.9. The number of likely N-dealkylation sites (N-methyl/N-ethyl adjacent to an activating group) is 1. The van der Waals surface area contributed by atoms with Gasteiger partial charge in [0.15, 0.2) is 28.8 Å². The number of halogens is 13. The van der Waals surface area contributed by atoms with E-state index < -0.39 is 103 Å². The first kappa shape index (κ1) is 94.6. The van der Waals surface area contributed by atoms with E-state index in [1.54, 1.807) is 55.5 Å². The number of rotatable bonds is 22. The topological polar surface area (TPSA) is 342 Å². The van der Waals surface area contributed by atoms with Crippen LogP contribution in [-0.2, 0) is 50.0 Å². The van der Waals surface area contributed by atoms with Gasteiger partial charge >= 0.3 is 62.5 Å². The van der Waals surface area contributed by atoms with Gasteiger partial charge < -0.3 is 66.8 Å². The number of ketones is 1. The molecule has 4 aliphatic heterocycles. The number of methoxy groups -OCH3 is 1. The average molecular weight is 1870 g/mol. The van der Waals surface area contributed by atoms with Crippen LogP contribution in [0.25, 0.3) is 0 Å². The third-order valence-electron chi connectivity index (χ3n) is 21.9. The number of likely N-dealkylation sites (tertiary alicyclic amines) is 1. The van der Waals surface area contributed by atoms with E-state index in [4.69, 9.17) is 23.7 Å². The maximum atomic E-state index is 12.8. The summed E-state index contributed by atoms with van der Waals surface area (Å²) >= 11 is 3.12. The SMILES string of the molecule is CC#CC1(O)CCC2C3CCC4=CC(=O)CCC4=C3C(c3ccc(OS(=O)(=O)C(F)(F)F)cc3)CC21C.CCN1CCC[C@H]1CNC(=O)c1cc(Br)cc(OC)c1OS(=O)(=O)C(F)(F)F.O=C(NCCC1CNCCO1)c1ccc(OS(=O)(=O)C(F)(F)F)cc1.O=S(=O)(Oc1ccc(C2CCNCC2COc2ccc3c(c2)OCO3)cc1)C(F)(F)F. The van der Waals surface area contributed by atoms with Crippen molar-refractivity contribution in [3.63, 3.8) is 0 Å². The van der Waals surface area contributed by atoms with Crippen molar-refractivity contribution in [2.24, 2.45) is 23.2 Å². The van der Waals surface area contributed by atoms with Crippen LogP contribution in [0.4, 0.5) is 52.7 Å². The van der Waals surface area contributed by atoms with Crippen molar-refractivity contribution in [2.45, 2.75) is 143 Å². The molecule has 2 amide bonds. The Balaban J connectivity index is 0.000000171. The van der Waals surface area contributed by atoms with Gasteiger partial charge in [0.25, 0.3) is 11.8 Å². The molecule has 5 N–H and O–H groups in total. The fourth-order valence-electron chi connectivity index (χ4n) is 16.0. The van der Waals surface area contributed by atoms with Gasteiger partial charge in [-0.05, 0) is 210 Å². The number of amides is 2. The lowest BCUT2D eigenvalue weighted by Gasteiger charge is -2.53. The van der Waals surface area contributed by atoms with Crippen LogP contribution in [-0.4, -0.2) is 181 Å². The molecule has 8 aliphatic rings. The van der Waals surface area contributed by atoms with Crippen LogP contribution >= 0.6 is 15.9 Å². The van der Waals surface area contributed by atoms with Gasteiger partial charge in [0, 0.05) is 78.5 Å². The van der Waals surface area contributed by atoms with Crippen molar-refractivity contribution in [1.82, 2.24) is 26.2 Å². The van der Waals surface area contributed by atoms with Gasteiger partial charge in [-0.25, -0.2) is 0 Å². The molecular formula is C78H86BrF12N5O21S4. The Hall–Kier alpha value is -8.61. The summed E-state index contributed by atoms with van der Waals surface area (Å²) in [5, 5.41) is 23.4. The molecule has 121 heavy (non-hydrogen) atoms. The summed E-state index contributed by atoms with van der Waals surface area (Å²) in [6.07, 6.45) is 9.79. The fraction of sp³-hybridized carbons (Fsp3) is 0.500. The quantitative estimate of drug-likeness (QED) is 0.0186. The highest BCUT2D eigenvalue weighted by Gasteiger charge is 2.63. The van der Waals surface area contributed by atoms with Crippen LogP contribution in [0.5, 0.6) is 46.0 Å². The van der Waals surface area contributed by atoms with E-state index in [-0.39, 0.29) is 83.5 Å². The zero-order valence-electron chi connectivity index (χ0n) is 65.1. The highest BCUT2D eigenvalue weighted by Crippen LogP contribution is 2.67. The van der Waals surface area contributed by atoms with Gasteiger partial charge in [-0.2, -0.15) is 86.4 Å². The third kappa shape index (κ3) is 22.9. The number of nitrogens with one attached hydrogen (secondary N) is 4. The van der Waals surface area contributed by atoms with Gasteiger partial charge in [-0.15, -0.1) is 5.92 Å². The molecule has 5 aromatic rings. The number of benzene rings is 5. The van der Waals surface area contributed by atoms with Crippen molar-refractivity contribution < 1.29 is 146 Å². The van der Waals surface area contributed by atoms with Crippen LogP contribution in [0.3, 0.4) is 0 Å². The number of piperidine rings is 1. The summed E-state index contributed by atoms with van der Waals surface area (Å²) in [7, 11) is -22.1. The van der Waals surface area contributed by atoms with E-state index >= 15 is 0 Å². The lowest BCUT2D eigenvalue weighted by molar-refractivity contribution is -0.114. The van der Waals surface area contributed by atoms with E-state index in [9.17, 15) is 106 Å². The van der Waals surface area contributed by atoms with Crippen molar-refractivity contribution >= 4 is 74.0 Å². The maximum Gasteiger partial charge on any atom is 0.534 e. The van der Waals surface area contributed by atoms with Crippen LogP contribution in [0.2, 0.25) is 0 Å². The number of morpholine rings is 1. The summed E-state index contributed by atoms with van der Waals surface area (Å²) in [5.41, 5.74) is -18.8. The second kappa shape index (κ2) is 38.7. The first-order valence-electron chi connectivity index (χ1n) is 37.9. The molecule has 5 fully saturated rings. The number of carbonyl (C=O) groups excluding carboxylic acids is 3. The molecule has 2 saturated carbocycles. The molecule has 13 rings (SSSR count). The normalized spacial score (nSPS) is 23.7. The number of hydrogen-bond acceptors (Lipinski definition) is 24. The Bertz CT molecular complexity index is 5170. The number of alkyl halides is 12. The summed E-state index contributed by atoms with van der Waals surface area (Å²) < 4.78 is 285. The monoisotopic (exact) mass is 1860 g/mol. The van der Waals surface area contributed by atoms with Gasteiger partial charge in [0.05, 0.1) is 32.0 Å². The second-order valence-corrected chi connectivity index (χ2v) is 36.5. The Morgan fingerprint density at radius 2 is 1.25 bits per heavy atom. The number of hydrogen-bond donors (Lipinski definition) is 5. The molecule has 3 saturated heterocycles. The molecule has 0 spiro atoms. The first-order valence-corrected chi connectivity index (χ1v) is 44.3. The molecule has 5 aromatic carbocycles. The predicted octanol–water partition coefficient (Wildman–Crippen LogP) is 12.9. The number of nitrogens with zero attached hydrogens (tertiary/aromatic N) is 1. The minimum absolute atomic E-state index is 0.0115. The van der Waals surface area contributed by atoms with Gasteiger partial charge in [0.2, 0.25) is 6.79 Å². The summed E-state index contributed by atoms with van der Waals surface area (Å²) in [6, 6.07) is 23.5. The standard InChI is InChI=1S/C28H29F3O5S.C20H20F3NO6S.C16H20BrF3N2O5S.C14H17F3N2O5S/c1-3-13-27(33)14-12-24-22-10-6-18-15-19(32)7-11-21(18)25(22)23(16-26(24,27)2)17-4-8-20(9-5-17)36-37(34,35)28(29,30)31;21-20(22,23)31(25,26)30-15-3-1-13(2-4-15)17-7-8-24-10-14(17)11-27-16-5-6-18-19(9-16)29-12-28-18;1-3-22-6-4-5-11(22)9-21-15(23)12-7-10(17)8-13(26-2)14(12)27-28(24,25)16(18,19)20;15-14(16,17)25(21,22)24-11-3-1-10(2-4-11)13(20)19-6-5-12-9-18-7-8-23-12/h4-5,8-9,15,22-24,33H,6-7,10-12,14,16H2,1-2H3;1-6,9,14,17,24H,7-8,10-12H2;7-8,11H,3-6,9H2,1-2H3,(H,21,23);1-4,12,18H,5-9H2,(H,19,20)/t;;11-;/m..0./s1. The van der Waals surface area contributed by atoms with E-state index in [1.807, 2.05) is 6.92 Å². The van der Waals surface area contributed by atoms with E-state index in [0.29, 0.717) is 86.7 Å². The Morgan fingerprint density at radius 3 is 1.83 bits per heavy atom. The van der Waals surface area contributed by atoms with E-state index in [1.165, 1.54) is 59.7 Å². The lowest BCUT2D eigenvalue weighted by atomic mass is 9.51. The Labute approximate surface area is 698 Å². The first-order chi connectivity index (χ1) is 56.7. The molecule has 0 bridgehead atoms. The highest BCUT2D eigenvalue weighted by atomic mass is 79.9. The number of aliphatic hydroxyl groups is 1. The van der Waals surface area contributed by atoms with Gasteiger partial charge in [-0.3, -0.25) is 19.3 Å². The predicted molar refractivity (Wildman–Crippen MR) is 415 cm³/mol. The molecule has 43 heteroatoms. The number of allylic oxidation sites excluding steroid dienone is 4. The second-order valence-electron chi connectivity index (χ2n) is 29.4. The van der Waals surface area contributed by atoms with Crippen LogP contribution in [0.15, 0.2) is 130 Å². The minimum Gasteiger partial charge on any atom is -0.493 e. The maximum absolute atomic E-state index is 12.8. The molecular weight excluding hydrogens is 1780 g/mol. The summed E-state index contributed by atoms with van der Waals surface area (Å²) in [5.74, 6) is 4.79. The zero-order chi connectivity index (χ0) is 88.5. The molecule has 0 radical (unpaired) electrons. The molecule has 8 unspecified atom stereocenters. The van der Waals surface area contributed by atoms with Crippen LogP contribution in [0.1, 0.15) is 135 Å². The number of fused-ring (bicyclic) bond motifs is 5. The number of carbonyl (C=O) groups is 3. The molecule has 0 aromatic heterocycles. The summed E-state index contributed by atoms with van der Waals surface area (Å²) in [6.45, 7) is 12.3. The average Bonchev–Trinajstić information content (AvgIpc) is 1.59. The largest absolute Gasteiger partial charge is 0.534 e.